The van der Waals surface area contributed by atoms with Gasteiger partial charge in [0.05, 0.1) is 12.6 Å². The van der Waals surface area contributed by atoms with Crippen molar-refractivity contribution < 1.29 is 9.13 Å². The second-order valence-electron chi connectivity index (χ2n) is 4.22. The van der Waals surface area contributed by atoms with E-state index in [0.29, 0.717) is 17.3 Å². The molecule has 0 fully saturated rings. The minimum atomic E-state index is -0.362. The Kier molecular flexibility index (Phi) is 4.77. The van der Waals surface area contributed by atoms with Crippen molar-refractivity contribution >= 4 is 17.3 Å². The molecule has 0 heterocycles. The average Bonchev–Trinajstić information content (AvgIpc) is 2.38. The van der Waals surface area contributed by atoms with Gasteiger partial charge in [0.2, 0.25) is 0 Å². The summed E-state index contributed by atoms with van der Waals surface area (Å²) in [6.45, 7) is 0.484. The molecule has 0 bridgehead atoms. The molecule has 2 nitrogen and oxygen atoms in total. The van der Waals surface area contributed by atoms with Gasteiger partial charge in [-0.3, -0.25) is 0 Å². The second kappa shape index (κ2) is 6.55. The molecule has 1 atom stereocenters. The van der Waals surface area contributed by atoms with Gasteiger partial charge in [0.15, 0.2) is 0 Å². The highest BCUT2D eigenvalue weighted by Gasteiger charge is 2.11. The van der Waals surface area contributed by atoms with Gasteiger partial charge in [-0.05, 0) is 23.8 Å². The number of halogens is 2. The molecule has 0 saturated heterocycles. The molecule has 2 aromatic rings. The molecule has 0 spiro atoms. The highest BCUT2D eigenvalue weighted by atomic mass is 35.5. The van der Waals surface area contributed by atoms with Crippen LogP contribution in [0.1, 0.15) is 11.6 Å². The summed E-state index contributed by atoms with van der Waals surface area (Å²) in [6, 6.07) is 14.2. The largest absolute Gasteiger partial charge is 0.382 e. The Morgan fingerprint density at radius 1 is 1.21 bits per heavy atom. The fraction of sp³-hybridized carbons (Fsp3) is 0.200. The number of hydrogen-bond donors (Lipinski definition) is 1. The fourth-order valence-electron chi connectivity index (χ4n) is 1.91. The summed E-state index contributed by atoms with van der Waals surface area (Å²) in [5, 5.41) is 3.60. The molecule has 2 rings (SSSR count). The number of hydrogen-bond acceptors (Lipinski definition) is 2. The first-order valence-corrected chi connectivity index (χ1v) is 6.33. The molecule has 0 saturated carbocycles. The van der Waals surface area contributed by atoms with E-state index in [9.17, 15) is 4.39 Å². The Morgan fingerprint density at radius 2 is 1.95 bits per heavy atom. The molecule has 2 aromatic carbocycles. The molecule has 0 aliphatic rings. The van der Waals surface area contributed by atoms with Crippen LogP contribution in [0.15, 0.2) is 48.5 Å². The lowest BCUT2D eigenvalue weighted by molar-refractivity contribution is 0.186. The maximum Gasteiger partial charge on any atom is 0.126 e. The van der Waals surface area contributed by atoms with Gasteiger partial charge in [-0.1, -0.05) is 41.9 Å². The van der Waals surface area contributed by atoms with Gasteiger partial charge < -0.3 is 10.1 Å². The van der Waals surface area contributed by atoms with Gasteiger partial charge in [-0.2, -0.15) is 0 Å². The second-order valence-corrected chi connectivity index (χ2v) is 4.66. The predicted molar refractivity (Wildman–Crippen MR) is 76.1 cm³/mol. The van der Waals surface area contributed by atoms with E-state index < -0.39 is 0 Å². The molecule has 0 amide bonds. The molecule has 1 N–H and O–H groups in total. The van der Waals surface area contributed by atoms with Gasteiger partial charge in [-0.25, -0.2) is 4.39 Å². The van der Waals surface area contributed by atoms with E-state index in [2.05, 4.69) is 5.32 Å². The van der Waals surface area contributed by atoms with Gasteiger partial charge in [-0.15, -0.1) is 0 Å². The SMILES string of the molecule is COCC(Nc1cc(F)cc(Cl)c1)c1ccccc1. The summed E-state index contributed by atoms with van der Waals surface area (Å²) in [5.74, 6) is -0.362. The Morgan fingerprint density at radius 3 is 2.58 bits per heavy atom. The first-order valence-electron chi connectivity index (χ1n) is 5.95. The van der Waals surface area contributed by atoms with Gasteiger partial charge in [0, 0.05) is 17.8 Å². The number of anilines is 1. The first-order chi connectivity index (χ1) is 9.19. The van der Waals surface area contributed by atoms with Crippen LogP contribution >= 0.6 is 11.6 Å². The van der Waals surface area contributed by atoms with Crippen LogP contribution in [0.4, 0.5) is 10.1 Å². The van der Waals surface area contributed by atoms with Crippen LogP contribution in [0.5, 0.6) is 0 Å². The fourth-order valence-corrected chi connectivity index (χ4v) is 2.13. The van der Waals surface area contributed by atoms with Crippen molar-refractivity contribution in [2.45, 2.75) is 6.04 Å². The number of methoxy groups -OCH3 is 1. The van der Waals surface area contributed by atoms with E-state index in [1.165, 1.54) is 12.1 Å². The summed E-state index contributed by atoms with van der Waals surface area (Å²) in [5.41, 5.74) is 1.71. The van der Waals surface area contributed by atoms with Gasteiger partial charge >= 0.3 is 0 Å². The zero-order valence-electron chi connectivity index (χ0n) is 10.6. The Balaban J connectivity index is 2.21. The number of nitrogens with one attached hydrogen (secondary N) is 1. The van der Waals surface area contributed by atoms with Crippen molar-refractivity contribution in [2.75, 3.05) is 19.0 Å². The van der Waals surface area contributed by atoms with Crippen molar-refractivity contribution in [1.82, 2.24) is 0 Å². The highest BCUT2D eigenvalue weighted by molar-refractivity contribution is 6.30. The maximum atomic E-state index is 13.3. The van der Waals surface area contributed by atoms with Gasteiger partial charge in [0.1, 0.15) is 5.82 Å². The van der Waals surface area contributed by atoms with Gasteiger partial charge in [0.25, 0.3) is 0 Å². The number of rotatable bonds is 5. The first kappa shape index (κ1) is 13.8. The standard InChI is InChI=1S/C15H15ClFNO/c1-19-10-15(11-5-3-2-4-6-11)18-14-8-12(16)7-13(17)9-14/h2-9,15,18H,10H2,1H3. The zero-order valence-corrected chi connectivity index (χ0v) is 11.3. The summed E-state index contributed by atoms with van der Waals surface area (Å²) >= 11 is 5.85. The molecule has 0 aliphatic heterocycles. The molecule has 1 unspecified atom stereocenters. The quantitative estimate of drug-likeness (QED) is 0.882. The molecule has 0 radical (unpaired) electrons. The maximum absolute atomic E-state index is 13.3. The monoisotopic (exact) mass is 279 g/mol. The highest BCUT2D eigenvalue weighted by Crippen LogP contribution is 2.23. The van der Waals surface area contributed by atoms with Crippen molar-refractivity contribution in [3.8, 4) is 0 Å². The Labute approximate surface area is 117 Å². The third-order valence-electron chi connectivity index (χ3n) is 2.74. The van der Waals surface area contributed by atoms with Crippen LogP contribution in [-0.2, 0) is 4.74 Å². The van der Waals surface area contributed by atoms with Crippen LogP contribution < -0.4 is 5.32 Å². The van der Waals surface area contributed by atoms with Crippen LogP contribution in [0.3, 0.4) is 0 Å². The van der Waals surface area contributed by atoms with Crippen LogP contribution in [-0.4, -0.2) is 13.7 Å². The predicted octanol–water partition coefficient (Wildman–Crippen LogP) is 4.28. The van der Waals surface area contributed by atoms with E-state index in [-0.39, 0.29) is 11.9 Å². The van der Waals surface area contributed by atoms with Crippen molar-refractivity contribution in [3.63, 3.8) is 0 Å². The molecular formula is C15H15ClFNO. The summed E-state index contributed by atoms with van der Waals surface area (Å²) < 4.78 is 18.5. The number of benzene rings is 2. The number of ether oxygens (including phenoxy) is 1. The Bertz CT molecular complexity index is 513. The summed E-state index contributed by atoms with van der Waals surface area (Å²) in [7, 11) is 1.64. The van der Waals surface area contributed by atoms with Crippen LogP contribution in [0.2, 0.25) is 5.02 Å². The normalized spacial score (nSPS) is 12.2. The lowest BCUT2D eigenvalue weighted by atomic mass is 10.1. The van der Waals surface area contributed by atoms with E-state index in [1.54, 1.807) is 13.2 Å². The van der Waals surface area contributed by atoms with E-state index >= 15 is 0 Å². The molecular weight excluding hydrogens is 265 g/mol. The third kappa shape index (κ3) is 3.94. The summed E-state index contributed by atoms with van der Waals surface area (Å²) in [4.78, 5) is 0. The van der Waals surface area contributed by atoms with E-state index in [0.717, 1.165) is 5.56 Å². The van der Waals surface area contributed by atoms with E-state index in [4.69, 9.17) is 16.3 Å². The van der Waals surface area contributed by atoms with E-state index in [1.807, 2.05) is 30.3 Å². The Hall–Kier alpha value is -1.58. The molecule has 100 valence electrons. The van der Waals surface area contributed by atoms with Crippen molar-refractivity contribution in [1.29, 1.82) is 0 Å². The van der Waals surface area contributed by atoms with Crippen LogP contribution in [0, 0.1) is 5.82 Å². The molecule has 4 heteroatoms. The summed E-state index contributed by atoms with van der Waals surface area (Å²) in [6.07, 6.45) is 0. The minimum absolute atomic E-state index is 0.0518. The molecule has 0 aliphatic carbocycles. The molecule has 19 heavy (non-hydrogen) atoms. The smallest absolute Gasteiger partial charge is 0.126 e. The lowest BCUT2D eigenvalue weighted by Gasteiger charge is -2.19. The zero-order chi connectivity index (χ0) is 13.7. The molecule has 0 aromatic heterocycles. The minimum Gasteiger partial charge on any atom is -0.382 e. The van der Waals surface area contributed by atoms with Crippen molar-refractivity contribution in [3.05, 3.63) is 64.9 Å². The third-order valence-corrected chi connectivity index (χ3v) is 2.96. The topological polar surface area (TPSA) is 21.3 Å². The lowest BCUT2D eigenvalue weighted by Crippen LogP contribution is -2.16. The average molecular weight is 280 g/mol. The van der Waals surface area contributed by atoms with Crippen molar-refractivity contribution in [2.24, 2.45) is 0 Å². The van der Waals surface area contributed by atoms with Crippen LogP contribution in [0.25, 0.3) is 0 Å².